The highest BCUT2D eigenvalue weighted by Crippen LogP contribution is 2.34. The van der Waals surface area contributed by atoms with Crippen molar-refractivity contribution < 1.29 is 19.8 Å². The number of para-hydroxylation sites is 2. The second-order valence-electron chi connectivity index (χ2n) is 11.6. The van der Waals surface area contributed by atoms with Crippen molar-refractivity contribution in [2.24, 2.45) is 0 Å². The first-order valence-corrected chi connectivity index (χ1v) is 16.0. The molecule has 2 aromatic carbocycles. The lowest BCUT2D eigenvalue weighted by molar-refractivity contribution is -0.153. The maximum atomic E-state index is 13.3. The molecule has 4 heterocycles. The first-order chi connectivity index (χ1) is 21.3. The number of hydrogen-bond acceptors (Lipinski definition) is 9. The number of anilines is 1. The maximum Gasteiger partial charge on any atom is 0.255 e. The Kier molecular flexibility index (Phi) is 8.94. The fourth-order valence-corrected chi connectivity index (χ4v) is 6.87. The molecule has 3 atom stereocenters. The van der Waals surface area contributed by atoms with Crippen LogP contribution in [0.1, 0.15) is 41.0 Å². The summed E-state index contributed by atoms with van der Waals surface area (Å²) in [5, 5.41) is 26.6. The van der Waals surface area contributed by atoms with E-state index in [4.69, 9.17) is 0 Å². The van der Waals surface area contributed by atoms with Crippen molar-refractivity contribution in [3.8, 4) is 0 Å². The number of aliphatic hydroxyl groups excluding tert-OH is 2. The number of fused-ring (bicyclic) bond motifs is 1. The Morgan fingerprint density at radius 3 is 2.64 bits per heavy atom. The normalized spacial score (nSPS) is 19.0. The molecule has 2 aliphatic rings. The summed E-state index contributed by atoms with van der Waals surface area (Å²) < 4.78 is 2.09. The number of carbonyl (C=O) groups is 2. The Bertz CT molecular complexity index is 1630. The Balaban J connectivity index is 1.05. The van der Waals surface area contributed by atoms with Crippen molar-refractivity contribution in [3.05, 3.63) is 76.0 Å². The molecule has 2 aliphatic heterocycles. The Hall–Kier alpha value is -3.84. The fourth-order valence-electron chi connectivity index (χ4n) is 6.15. The van der Waals surface area contributed by atoms with Crippen LogP contribution in [-0.2, 0) is 22.7 Å². The number of benzene rings is 2. The summed E-state index contributed by atoms with van der Waals surface area (Å²) >= 11 is 1.40. The molecule has 2 saturated heterocycles. The quantitative estimate of drug-likeness (QED) is 0.261. The molecule has 6 rings (SSSR count). The fraction of sp³-hybridized carbons (Fsp3) is 0.438. The highest BCUT2D eigenvalue weighted by molar-refractivity contribution is 7.09. The van der Waals surface area contributed by atoms with Gasteiger partial charge in [-0.1, -0.05) is 24.3 Å². The van der Waals surface area contributed by atoms with Gasteiger partial charge < -0.3 is 34.8 Å². The standard InChI is InChI=1S/C32H39N7O4S/c1-21-34-25-9-3-4-10-27(25)39(21)19-23-20-44-28(35-23)18-33-31(42)29(40)30(41)32(43)38-12-6-11-26(38)22-7-5-8-24(17-22)37-15-13-36(2)14-16-37/h3-5,7-10,17,20,26,29-30,40-41H,6,11-16,18-19H2,1-2H3,(H,33,42)/t26?,29-,30-/m1/s1. The minimum atomic E-state index is -1.89. The summed E-state index contributed by atoms with van der Waals surface area (Å²) in [5.74, 6) is -0.565. The van der Waals surface area contributed by atoms with Gasteiger partial charge in [-0.25, -0.2) is 9.97 Å². The molecular weight excluding hydrogens is 578 g/mol. The van der Waals surface area contributed by atoms with E-state index in [-0.39, 0.29) is 12.6 Å². The molecule has 1 unspecified atom stereocenters. The Labute approximate surface area is 260 Å². The highest BCUT2D eigenvalue weighted by atomic mass is 32.1. The van der Waals surface area contributed by atoms with Crippen LogP contribution in [0.15, 0.2) is 53.9 Å². The van der Waals surface area contributed by atoms with E-state index >= 15 is 0 Å². The van der Waals surface area contributed by atoms with E-state index in [1.54, 1.807) is 4.90 Å². The average Bonchev–Trinajstić information content (AvgIpc) is 3.79. The van der Waals surface area contributed by atoms with Gasteiger partial charge in [0.1, 0.15) is 10.8 Å². The second-order valence-corrected chi connectivity index (χ2v) is 12.6. The third kappa shape index (κ3) is 6.34. The highest BCUT2D eigenvalue weighted by Gasteiger charge is 2.38. The molecular formula is C32H39N7O4S. The molecule has 0 radical (unpaired) electrons. The SMILES string of the molecule is Cc1nc2ccccc2n1Cc1csc(CNC(=O)[C@H](O)[C@@H](O)C(=O)N2CCCC2c2cccc(N3CCN(C)CC3)c2)n1. The number of rotatable bonds is 9. The zero-order chi connectivity index (χ0) is 30.8. The minimum absolute atomic E-state index is 0.0799. The molecule has 2 aromatic heterocycles. The van der Waals surface area contributed by atoms with Crippen LogP contribution in [0.2, 0.25) is 0 Å². The molecule has 3 N–H and O–H groups in total. The van der Waals surface area contributed by atoms with E-state index in [1.165, 1.54) is 11.3 Å². The van der Waals surface area contributed by atoms with Gasteiger partial charge in [0.2, 0.25) is 0 Å². The first-order valence-electron chi connectivity index (χ1n) is 15.1. The Morgan fingerprint density at radius 1 is 1.02 bits per heavy atom. The molecule has 12 heteroatoms. The van der Waals surface area contributed by atoms with Gasteiger partial charge in [0, 0.05) is 43.8 Å². The van der Waals surface area contributed by atoms with Gasteiger partial charge >= 0.3 is 0 Å². The first kappa shape index (κ1) is 30.2. The third-order valence-electron chi connectivity index (χ3n) is 8.66. The van der Waals surface area contributed by atoms with Gasteiger partial charge in [0.15, 0.2) is 12.2 Å². The van der Waals surface area contributed by atoms with E-state index in [0.717, 1.165) is 72.8 Å². The molecule has 11 nitrogen and oxygen atoms in total. The lowest BCUT2D eigenvalue weighted by atomic mass is 10.0. The zero-order valence-electron chi connectivity index (χ0n) is 25.1. The molecule has 0 saturated carbocycles. The number of likely N-dealkylation sites (N-methyl/N-ethyl adjacent to an activating group) is 1. The molecule has 4 aromatic rings. The van der Waals surface area contributed by atoms with Crippen molar-refractivity contribution in [2.75, 3.05) is 44.7 Å². The molecule has 44 heavy (non-hydrogen) atoms. The number of imidazole rings is 1. The van der Waals surface area contributed by atoms with Crippen molar-refractivity contribution in [3.63, 3.8) is 0 Å². The number of likely N-dealkylation sites (tertiary alicyclic amines) is 1. The number of aliphatic hydroxyl groups is 2. The lowest BCUT2D eigenvalue weighted by Crippen LogP contribution is -2.50. The van der Waals surface area contributed by atoms with E-state index in [1.807, 2.05) is 48.7 Å². The summed E-state index contributed by atoms with van der Waals surface area (Å²) in [5.41, 5.74) is 4.90. The summed E-state index contributed by atoms with van der Waals surface area (Å²) in [7, 11) is 2.12. The summed E-state index contributed by atoms with van der Waals surface area (Å²) in [6, 6.07) is 15.9. The number of aryl methyl sites for hydroxylation is 1. The molecule has 2 amide bonds. The maximum absolute atomic E-state index is 13.3. The topological polar surface area (TPSA) is 127 Å². The Morgan fingerprint density at radius 2 is 1.82 bits per heavy atom. The van der Waals surface area contributed by atoms with Crippen molar-refractivity contribution in [1.29, 1.82) is 0 Å². The monoisotopic (exact) mass is 617 g/mol. The van der Waals surface area contributed by atoms with Crippen LogP contribution in [0.25, 0.3) is 11.0 Å². The van der Waals surface area contributed by atoms with Crippen LogP contribution in [0, 0.1) is 6.92 Å². The van der Waals surface area contributed by atoms with Gasteiger partial charge in [0.05, 0.1) is 35.9 Å². The number of nitrogens with zero attached hydrogens (tertiary/aromatic N) is 6. The molecule has 2 fully saturated rings. The van der Waals surface area contributed by atoms with Crippen LogP contribution >= 0.6 is 11.3 Å². The van der Waals surface area contributed by atoms with Crippen LogP contribution in [0.5, 0.6) is 0 Å². The van der Waals surface area contributed by atoms with E-state index in [9.17, 15) is 19.8 Å². The summed E-state index contributed by atoms with van der Waals surface area (Å²) in [6.45, 7) is 6.92. The van der Waals surface area contributed by atoms with Gasteiger partial charge in [-0.15, -0.1) is 11.3 Å². The van der Waals surface area contributed by atoms with Crippen LogP contribution in [-0.4, -0.2) is 98.3 Å². The zero-order valence-corrected chi connectivity index (χ0v) is 25.9. The van der Waals surface area contributed by atoms with Gasteiger partial charge in [-0.2, -0.15) is 0 Å². The van der Waals surface area contributed by atoms with E-state index in [2.05, 4.69) is 48.8 Å². The van der Waals surface area contributed by atoms with Crippen LogP contribution < -0.4 is 10.2 Å². The van der Waals surface area contributed by atoms with E-state index in [0.29, 0.717) is 18.1 Å². The number of aromatic nitrogens is 3. The van der Waals surface area contributed by atoms with Gasteiger partial charge in [0.25, 0.3) is 11.8 Å². The number of amides is 2. The summed E-state index contributed by atoms with van der Waals surface area (Å²) in [6.07, 6.45) is -2.21. The number of carbonyl (C=O) groups excluding carboxylic acids is 2. The van der Waals surface area contributed by atoms with Gasteiger partial charge in [-0.05, 0) is 56.6 Å². The average molecular weight is 618 g/mol. The lowest BCUT2D eigenvalue weighted by Gasteiger charge is -2.35. The predicted molar refractivity (Wildman–Crippen MR) is 169 cm³/mol. The molecule has 232 valence electrons. The molecule has 0 bridgehead atoms. The molecule has 0 aliphatic carbocycles. The number of thiazole rings is 1. The number of nitrogens with one attached hydrogen (secondary N) is 1. The van der Waals surface area contributed by atoms with Crippen LogP contribution in [0.4, 0.5) is 5.69 Å². The second kappa shape index (κ2) is 13.0. The molecule has 0 spiro atoms. The third-order valence-corrected chi connectivity index (χ3v) is 9.56. The van der Waals surface area contributed by atoms with Gasteiger partial charge in [-0.3, -0.25) is 9.59 Å². The smallest absolute Gasteiger partial charge is 0.255 e. The predicted octanol–water partition coefficient (Wildman–Crippen LogP) is 2.30. The largest absolute Gasteiger partial charge is 0.380 e. The van der Waals surface area contributed by atoms with Crippen molar-refractivity contribution >= 4 is 39.9 Å². The van der Waals surface area contributed by atoms with Crippen LogP contribution in [0.3, 0.4) is 0 Å². The van der Waals surface area contributed by atoms with Crippen molar-refractivity contribution in [1.82, 2.24) is 29.7 Å². The number of hydrogen-bond donors (Lipinski definition) is 3. The van der Waals surface area contributed by atoms with Crippen molar-refractivity contribution in [2.45, 2.75) is 51.1 Å². The summed E-state index contributed by atoms with van der Waals surface area (Å²) in [4.78, 5) is 41.6. The number of piperazine rings is 1. The minimum Gasteiger partial charge on any atom is -0.380 e. The van der Waals surface area contributed by atoms with E-state index < -0.39 is 24.0 Å².